The van der Waals surface area contributed by atoms with Gasteiger partial charge in [-0.05, 0) is 56.3 Å². The van der Waals surface area contributed by atoms with Crippen molar-refractivity contribution < 1.29 is 41.0 Å². The zero-order valence-corrected chi connectivity index (χ0v) is 12.0. The summed E-state index contributed by atoms with van der Waals surface area (Å²) < 4.78 is 80.7. The molecule has 0 spiro atoms. The van der Waals surface area contributed by atoms with Crippen molar-refractivity contribution in [2.45, 2.75) is 62.1 Å². The molecule has 132 valence electrons. The average molecular weight is 345 g/mol. The van der Waals surface area contributed by atoms with Crippen LogP contribution in [0.1, 0.15) is 38.5 Å². The number of hydrogen-bond donors (Lipinski definition) is 0. The smallest absolute Gasteiger partial charge is 0.399 e. The van der Waals surface area contributed by atoms with Gasteiger partial charge in [-0.1, -0.05) is 0 Å². The Balaban J connectivity index is 1.86. The van der Waals surface area contributed by atoms with E-state index in [0.717, 1.165) is 19.3 Å². The Morgan fingerprint density at radius 1 is 0.870 bits per heavy atom. The molecular weight excluding hydrogens is 330 g/mol. The topological polar surface area (TPSA) is 49.4 Å². The highest BCUT2D eigenvalue weighted by molar-refractivity contribution is 5.81. The fourth-order valence-corrected chi connectivity index (χ4v) is 4.82. The second kappa shape index (κ2) is 4.77. The molecule has 4 saturated carbocycles. The lowest BCUT2D eigenvalue weighted by Crippen LogP contribution is -2.72. The van der Waals surface area contributed by atoms with Gasteiger partial charge in [-0.2, -0.15) is 26.3 Å². The Morgan fingerprint density at radius 2 is 1.22 bits per heavy atom. The van der Waals surface area contributed by atoms with Crippen LogP contribution in [-0.4, -0.2) is 29.5 Å². The van der Waals surface area contributed by atoms with Crippen LogP contribution in [0.4, 0.5) is 26.3 Å². The lowest BCUT2D eigenvalue weighted by Gasteiger charge is -2.56. The summed E-state index contributed by atoms with van der Waals surface area (Å²) in [7, 11) is 0. The molecule has 0 atom stereocenters. The van der Waals surface area contributed by atoms with E-state index in [4.69, 9.17) is 0 Å². The lowest BCUT2D eigenvalue weighted by atomic mass is 9.54. The van der Waals surface area contributed by atoms with E-state index in [9.17, 15) is 36.2 Å². The Kier molecular flexibility index (Phi) is 3.49. The number of halogens is 6. The minimum atomic E-state index is -6.30. The first-order valence-corrected chi connectivity index (χ1v) is 7.44. The van der Waals surface area contributed by atoms with Crippen LogP contribution in [0, 0.1) is 17.8 Å². The fourth-order valence-electron chi connectivity index (χ4n) is 4.82. The molecule has 0 aliphatic heterocycles. The second-order valence-corrected chi connectivity index (χ2v) is 7.17. The van der Waals surface area contributed by atoms with E-state index in [0.29, 0.717) is 0 Å². The van der Waals surface area contributed by atoms with Gasteiger partial charge in [0, 0.05) is 0 Å². The predicted molar refractivity (Wildman–Crippen MR) is 61.8 cm³/mol. The molecule has 3 nitrogen and oxygen atoms in total. The summed E-state index contributed by atoms with van der Waals surface area (Å²) in [5.74, 6) is -2.33. The third-order valence-electron chi connectivity index (χ3n) is 5.38. The van der Waals surface area contributed by atoms with Crippen LogP contribution in [0.25, 0.3) is 0 Å². The second-order valence-electron chi connectivity index (χ2n) is 7.17. The van der Waals surface area contributed by atoms with E-state index in [-0.39, 0.29) is 37.0 Å². The molecule has 0 unspecified atom stereocenters. The maximum absolute atomic E-state index is 12.7. The summed E-state index contributed by atoms with van der Waals surface area (Å²) in [6.07, 6.45) is -9.29. The van der Waals surface area contributed by atoms with Crippen LogP contribution in [-0.2, 0) is 9.53 Å². The van der Waals surface area contributed by atoms with Crippen LogP contribution >= 0.6 is 0 Å². The van der Waals surface area contributed by atoms with E-state index in [1.807, 2.05) is 0 Å². The summed E-state index contributed by atoms with van der Waals surface area (Å²) in [5.41, 5.74) is -7.07. The van der Waals surface area contributed by atoms with Gasteiger partial charge in [0.1, 0.15) is 5.60 Å². The minimum Gasteiger partial charge on any atom is -0.828 e. The predicted octanol–water partition coefficient (Wildman–Crippen LogP) is 2.72. The molecule has 0 aromatic carbocycles. The van der Waals surface area contributed by atoms with Gasteiger partial charge in [-0.15, -0.1) is 0 Å². The van der Waals surface area contributed by atoms with E-state index in [1.54, 1.807) is 0 Å². The molecule has 0 aromatic rings. The third kappa shape index (κ3) is 2.51. The van der Waals surface area contributed by atoms with Crippen LogP contribution < -0.4 is 5.11 Å². The Hall–Kier alpha value is -0.990. The number of carbonyl (C=O) groups excluding carboxylic acids is 1. The van der Waals surface area contributed by atoms with Crippen molar-refractivity contribution in [2.75, 3.05) is 0 Å². The van der Waals surface area contributed by atoms with Crippen LogP contribution in [0.2, 0.25) is 0 Å². The van der Waals surface area contributed by atoms with Gasteiger partial charge in [-0.3, -0.25) is 4.79 Å². The number of carbonyl (C=O) groups is 1. The third-order valence-corrected chi connectivity index (χ3v) is 5.38. The maximum atomic E-state index is 12.7. The highest BCUT2D eigenvalue weighted by Crippen LogP contribution is 2.57. The van der Waals surface area contributed by atoms with Crippen molar-refractivity contribution in [3.05, 3.63) is 0 Å². The molecular formula is C14H15F6O3-. The largest absolute Gasteiger partial charge is 0.828 e. The van der Waals surface area contributed by atoms with E-state index in [1.165, 1.54) is 0 Å². The summed E-state index contributed by atoms with van der Waals surface area (Å²) >= 11 is 0. The van der Waals surface area contributed by atoms with Gasteiger partial charge in [0.05, 0.1) is 0 Å². The van der Waals surface area contributed by atoms with E-state index < -0.39 is 29.5 Å². The van der Waals surface area contributed by atoms with E-state index in [2.05, 4.69) is 4.74 Å². The molecule has 0 N–H and O–H groups in total. The highest BCUT2D eigenvalue weighted by Gasteiger charge is 2.69. The summed E-state index contributed by atoms with van der Waals surface area (Å²) in [5, 5.41) is 11.4. The molecule has 4 bridgehead atoms. The summed E-state index contributed by atoms with van der Waals surface area (Å²) in [4.78, 5) is 11.7. The van der Waals surface area contributed by atoms with Crippen LogP contribution in [0.3, 0.4) is 0 Å². The molecule has 23 heavy (non-hydrogen) atoms. The molecule has 4 aliphatic rings. The quantitative estimate of drug-likeness (QED) is 0.571. The van der Waals surface area contributed by atoms with Gasteiger partial charge in [0.25, 0.3) is 0 Å². The van der Waals surface area contributed by atoms with Gasteiger partial charge in [-0.25, -0.2) is 0 Å². The molecule has 0 amide bonds. The molecule has 0 aromatic heterocycles. The number of hydrogen-bond acceptors (Lipinski definition) is 3. The average Bonchev–Trinajstić information content (AvgIpc) is 2.32. The SMILES string of the molecule is O=C(OC12CC3CC(CC(C3)C1)C2)C([O-])(C(F)(F)F)C(F)(F)F. The summed E-state index contributed by atoms with van der Waals surface area (Å²) in [6.45, 7) is 0. The normalized spacial score (nSPS) is 37.1. The number of rotatable bonds is 2. The molecule has 0 heterocycles. The van der Waals surface area contributed by atoms with Crippen molar-refractivity contribution in [3.8, 4) is 0 Å². The number of alkyl halides is 6. The zero-order valence-electron chi connectivity index (χ0n) is 12.0. The highest BCUT2D eigenvalue weighted by atomic mass is 19.4. The summed E-state index contributed by atoms with van der Waals surface area (Å²) in [6, 6.07) is 0. The van der Waals surface area contributed by atoms with Crippen molar-refractivity contribution in [3.63, 3.8) is 0 Å². The molecule has 0 saturated heterocycles. The van der Waals surface area contributed by atoms with Crippen molar-refractivity contribution >= 4 is 5.97 Å². The van der Waals surface area contributed by atoms with E-state index >= 15 is 0 Å². The first-order valence-electron chi connectivity index (χ1n) is 7.44. The van der Waals surface area contributed by atoms with Gasteiger partial charge in [0.2, 0.25) is 0 Å². The van der Waals surface area contributed by atoms with Crippen molar-refractivity contribution in [1.82, 2.24) is 0 Å². The van der Waals surface area contributed by atoms with Crippen molar-refractivity contribution in [2.24, 2.45) is 17.8 Å². The minimum absolute atomic E-state index is 0.145. The Morgan fingerprint density at radius 3 is 1.52 bits per heavy atom. The van der Waals surface area contributed by atoms with Gasteiger partial charge < -0.3 is 9.84 Å². The maximum Gasteiger partial charge on any atom is 0.399 e. The van der Waals surface area contributed by atoms with Gasteiger partial charge >= 0.3 is 18.3 Å². The van der Waals surface area contributed by atoms with Crippen LogP contribution in [0.15, 0.2) is 0 Å². The molecule has 9 heteroatoms. The molecule has 4 rings (SSSR count). The molecule has 0 radical (unpaired) electrons. The van der Waals surface area contributed by atoms with Crippen molar-refractivity contribution in [1.29, 1.82) is 0 Å². The first kappa shape index (κ1) is 16.9. The lowest BCUT2D eigenvalue weighted by molar-refractivity contribution is -0.575. The Labute approximate surface area is 128 Å². The fraction of sp³-hybridized carbons (Fsp3) is 0.929. The standard InChI is InChI=1S/C14H15F6O3/c15-13(16,17)12(22,14(18,19)20)10(21)23-11-4-7-1-8(5-11)3-9(2-7)6-11/h7-9H,1-6H2/q-1. The molecule has 4 fully saturated rings. The van der Waals surface area contributed by atoms with Crippen LogP contribution in [0.5, 0.6) is 0 Å². The van der Waals surface area contributed by atoms with Gasteiger partial charge in [0.15, 0.2) is 5.60 Å². The zero-order chi connectivity index (χ0) is 17.3. The molecule has 4 aliphatic carbocycles. The number of ether oxygens (including phenoxy) is 1. The number of esters is 1. The monoisotopic (exact) mass is 345 g/mol. The Bertz CT molecular complexity index is 460. The first-order chi connectivity index (χ1) is 10.4.